The number of anilines is 1. The standard InChI is InChI=1S/C14H22N4O/c1-10(2)18(9-13(15)19)14-11(4-3-7-16-14)8-17-12-5-6-12/h3-4,7,10,12,17H,5-6,8-9H2,1-2H3,(H2,15,19). The molecule has 0 bridgehead atoms. The van der Waals surface area contributed by atoms with Crippen molar-refractivity contribution in [3.63, 3.8) is 0 Å². The molecule has 0 spiro atoms. The molecule has 19 heavy (non-hydrogen) atoms. The van der Waals surface area contributed by atoms with E-state index in [2.05, 4.69) is 10.3 Å². The Hall–Kier alpha value is -1.62. The number of nitrogens with two attached hydrogens (primary N) is 1. The Morgan fingerprint density at radius 3 is 2.89 bits per heavy atom. The van der Waals surface area contributed by atoms with Crippen molar-refractivity contribution in [1.29, 1.82) is 0 Å². The molecule has 0 radical (unpaired) electrons. The average molecular weight is 262 g/mol. The zero-order valence-corrected chi connectivity index (χ0v) is 11.6. The van der Waals surface area contributed by atoms with Crippen LogP contribution in [0.5, 0.6) is 0 Å². The summed E-state index contributed by atoms with van der Waals surface area (Å²) in [5.41, 5.74) is 6.44. The van der Waals surface area contributed by atoms with Crippen molar-refractivity contribution in [2.75, 3.05) is 11.4 Å². The van der Waals surface area contributed by atoms with Gasteiger partial charge in [-0.2, -0.15) is 0 Å². The van der Waals surface area contributed by atoms with Crippen LogP contribution < -0.4 is 16.0 Å². The molecule has 0 atom stereocenters. The Bertz CT molecular complexity index is 443. The maximum atomic E-state index is 11.2. The highest BCUT2D eigenvalue weighted by Crippen LogP contribution is 2.23. The van der Waals surface area contributed by atoms with Crippen LogP contribution in [0.4, 0.5) is 5.82 Å². The second-order valence-corrected chi connectivity index (χ2v) is 5.33. The zero-order chi connectivity index (χ0) is 13.8. The van der Waals surface area contributed by atoms with Crippen LogP contribution in [-0.4, -0.2) is 29.5 Å². The molecular formula is C14H22N4O. The van der Waals surface area contributed by atoms with Gasteiger partial charge in [-0.1, -0.05) is 6.07 Å². The van der Waals surface area contributed by atoms with Gasteiger partial charge in [-0.15, -0.1) is 0 Å². The van der Waals surface area contributed by atoms with Crippen LogP contribution in [0, 0.1) is 0 Å². The van der Waals surface area contributed by atoms with Crippen molar-refractivity contribution in [1.82, 2.24) is 10.3 Å². The van der Waals surface area contributed by atoms with E-state index in [0.29, 0.717) is 6.04 Å². The van der Waals surface area contributed by atoms with Gasteiger partial charge in [0.15, 0.2) is 0 Å². The first-order valence-corrected chi connectivity index (χ1v) is 6.80. The molecule has 1 heterocycles. The second-order valence-electron chi connectivity index (χ2n) is 5.33. The SMILES string of the molecule is CC(C)N(CC(N)=O)c1ncccc1CNC1CC1. The van der Waals surface area contributed by atoms with E-state index >= 15 is 0 Å². The van der Waals surface area contributed by atoms with Gasteiger partial charge in [0, 0.05) is 30.4 Å². The third-order valence-electron chi connectivity index (χ3n) is 3.25. The molecule has 1 aliphatic rings. The van der Waals surface area contributed by atoms with Gasteiger partial charge >= 0.3 is 0 Å². The molecule has 5 heteroatoms. The average Bonchev–Trinajstić information content (AvgIpc) is 3.17. The molecule has 5 nitrogen and oxygen atoms in total. The second kappa shape index (κ2) is 6.02. The maximum Gasteiger partial charge on any atom is 0.237 e. The molecule has 104 valence electrons. The number of carbonyl (C=O) groups excluding carboxylic acids is 1. The van der Waals surface area contributed by atoms with Crippen molar-refractivity contribution >= 4 is 11.7 Å². The lowest BCUT2D eigenvalue weighted by Gasteiger charge is -2.28. The molecular weight excluding hydrogens is 240 g/mol. The highest BCUT2D eigenvalue weighted by atomic mass is 16.1. The number of nitrogens with zero attached hydrogens (tertiary/aromatic N) is 2. The fourth-order valence-electron chi connectivity index (χ4n) is 2.04. The van der Waals surface area contributed by atoms with E-state index in [1.54, 1.807) is 6.20 Å². The van der Waals surface area contributed by atoms with Gasteiger partial charge in [0.05, 0.1) is 6.54 Å². The van der Waals surface area contributed by atoms with Gasteiger partial charge in [0.25, 0.3) is 0 Å². The van der Waals surface area contributed by atoms with Crippen LogP contribution in [-0.2, 0) is 11.3 Å². The lowest BCUT2D eigenvalue weighted by molar-refractivity contribution is -0.116. The predicted octanol–water partition coefficient (Wildman–Crippen LogP) is 1.03. The van der Waals surface area contributed by atoms with Crippen LogP contribution in [0.1, 0.15) is 32.3 Å². The van der Waals surface area contributed by atoms with Crippen LogP contribution in [0.3, 0.4) is 0 Å². The van der Waals surface area contributed by atoms with Crippen molar-refractivity contribution in [3.8, 4) is 0 Å². The molecule has 1 fully saturated rings. The van der Waals surface area contributed by atoms with E-state index < -0.39 is 0 Å². The molecule has 1 aliphatic carbocycles. The van der Waals surface area contributed by atoms with Crippen LogP contribution in [0.2, 0.25) is 0 Å². The third-order valence-corrected chi connectivity index (χ3v) is 3.25. The van der Waals surface area contributed by atoms with Crippen LogP contribution in [0.25, 0.3) is 0 Å². The number of hydrogen-bond acceptors (Lipinski definition) is 4. The van der Waals surface area contributed by atoms with Crippen molar-refractivity contribution in [2.45, 2.75) is 45.3 Å². The van der Waals surface area contributed by atoms with Crippen molar-refractivity contribution < 1.29 is 4.79 Å². The Morgan fingerprint density at radius 1 is 1.58 bits per heavy atom. The predicted molar refractivity (Wildman–Crippen MR) is 75.8 cm³/mol. The molecule has 1 amide bonds. The van der Waals surface area contributed by atoms with Gasteiger partial charge in [-0.05, 0) is 32.8 Å². The minimum absolute atomic E-state index is 0.182. The number of carbonyl (C=O) groups is 1. The number of hydrogen-bond donors (Lipinski definition) is 2. The molecule has 1 aromatic rings. The van der Waals surface area contributed by atoms with Gasteiger partial charge in [-0.25, -0.2) is 4.98 Å². The van der Waals surface area contributed by atoms with Crippen molar-refractivity contribution in [3.05, 3.63) is 23.9 Å². The van der Waals surface area contributed by atoms with Gasteiger partial charge < -0.3 is 16.0 Å². The van der Waals surface area contributed by atoms with Gasteiger partial charge in [0.2, 0.25) is 5.91 Å². The van der Waals surface area contributed by atoms with Crippen molar-refractivity contribution in [2.24, 2.45) is 5.73 Å². The number of rotatable bonds is 7. The highest BCUT2D eigenvalue weighted by Gasteiger charge is 2.22. The summed E-state index contributed by atoms with van der Waals surface area (Å²) < 4.78 is 0. The first kappa shape index (κ1) is 13.8. The van der Waals surface area contributed by atoms with Gasteiger partial charge in [0.1, 0.15) is 5.82 Å². The van der Waals surface area contributed by atoms with E-state index in [9.17, 15) is 4.79 Å². The van der Waals surface area contributed by atoms with E-state index in [1.807, 2.05) is 30.9 Å². The molecule has 2 rings (SSSR count). The molecule has 0 aliphatic heterocycles. The molecule has 0 aromatic carbocycles. The Kier molecular flexibility index (Phi) is 4.37. The summed E-state index contributed by atoms with van der Waals surface area (Å²) in [6.07, 6.45) is 4.27. The van der Waals surface area contributed by atoms with E-state index in [4.69, 9.17) is 5.73 Å². The fourth-order valence-corrected chi connectivity index (χ4v) is 2.04. The summed E-state index contributed by atoms with van der Waals surface area (Å²) in [4.78, 5) is 17.6. The fraction of sp³-hybridized carbons (Fsp3) is 0.571. The Balaban J connectivity index is 2.16. The van der Waals surface area contributed by atoms with E-state index in [0.717, 1.165) is 17.9 Å². The van der Waals surface area contributed by atoms with Crippen LogP contribution >= 0.6 is 0 Å². The number of nitrogens with one attached hydrogen (secondary N) is 1. The summed E-state index contributed by atoms with van der Waals surface area (Å²) in [5, 5.41) is 3.48. The lowest BCUT2D eigenvalue weighted by atomic mass is 10.2. The number of pyridine rings is 1. The topological polar surface area (TPSA) is 71.2 Å². The summed E-state index contributed by atoms with van der Waals surface area (Å²) in [6, 6.07) is 4.81. The minimum Gasteiger partial charge on any atom is -0.368 e. The summed E-state index contributed by atoms with van der Waals surface area (Å²) >= 11 is 0. The highest BCUT2D eigenvalue weighted by molar-refractivity contribution is 5.79. The Morgan fingerprint density at radius 2 is 2.32 bits per heavy atom. The largest absolute Gasteiger partial charge is 0.368 e. The number of aromatic nitrogens is 1. The Labute approximate surface area is 114 Å². The molecule has 0 unspecified atom stereocenters. The number of primary amides is 1. The zero-order valence-electron chi connectivity index (χ0n) is 11.6. The summed E-state index contributed by atoms with van der Waals surface area (Å²) in [7, 11) is 0. The lowest BCUT2D eigenvalue weighted by Crippen LogP contribution is -2.40. The van der Waals surface area contributed by atoms with E-state index in [1.165, 1.54) is 12.8 Å². The molecule has 3 N–H and O–H groups in total. The first-order chi connectivity index (χ1) is 9.08. The minimum atomic E-state index is -0.333. The smallest absolute Gasteiger partial charge is 0.237 e. The monoisotopic (exact) mass is 262 g/mol. The quantitative estimate of drug-likeness (QED) is 0.770. The van der Waals surface area contributed by atoms with E-state index in [-0.39, 0.29) is 18.5 Å². The first-order valence-electron chi connectivity index (χ1n) is 6.80. The van der Waals surface area contributed by atoms with Gasteiger partial charge in [-0.3, -0.25) is 4.79 Å². The molecule has 1 aromatic heterocycles. The molecule has 0 saturated heterocycles. The summed E-state index contributed by atoms with van der Waals surface area (Å²) in [5.74, 6) is 0.518. The third kappa shape index (κ3) is 3.92. The van der Waals surface area contributed by atoms with Crippen LogP contribution in [0.15, 0.2) is 18.3 Å². The summed E-state index contributed by atoms with van der Waals surface area (Å²) in [6.45, 7) is 5.06. The number of amides is 1. The molecule has 1 saturated carbocycles. The maximum absolute atomic E-state index is 11.2. The normalized spacial score (nSPS) is 14.7.